The third-order valence-corrected chi connectivity index (χ3v) is 3.83. The Labute approximate surface area is 142 Å². The number of para-hydroxylation sites is 1. The van der Waals surface area contributed by atoms with E-state index in [-0.39, 0.29) is 0 Å². The Morgan fingerprint density at radius 3 is 2.75 bits per heavy atom. The SMILES string of the molecule is CCc1cccc(C)c1Nc1nccc(NCc2cccnc2)n1. The van der Waals surface area contributed by atoms with Crippen molar-refractivity contribution in [2.24, 2.45) is 0 Å². The zero-order valence-electron chi connectivity index (χ0n) is 14.0. The van der Waals surface area contributed by atoms with E-state index in [4.69, 9.17) is 0 Å². The first kappa shape index (κ1) is 15.9. The van der Waals surface area contributed by atoms with Gasteiger partial charge in [0.15, 0.2) is 0 Å². The molecule has 0 saturated heterocycles. The maximum absolute atomic E-state index is 4.55. The molecular formula is C19H21N5. The predicted molar refractivity (Wildman–Crippen MR) is 97.4 cm³/mol. The average Bonchev–Trinajstić information content (AvgIpc) is 2.63. The number of anilines is 3. The molecule has 122 valence electrons. The molecule has 2 aromatic heterocycles. The van der Waals surface area contributed by atoms with Crippen molar-refractivity contribution in [2.75, 3.05) is 10.6 Å². The van der Waals surface area contributed by atoms with Gasteiger partial charge in [-0.15, -0.1) is 0 Å². The van der Waals surface area contributed by atoms with Gasteiger partial charge in [0.05, 0.1) is 0 Å². The van der Waals surface area contributed by atoms with Crippen molar-refractivity contribution >= 4 is 17.5 Å². The lowest BCUT2D eigenvalue weighted by Gasteiger charge is -2.13. The minimum atomic E-state index is 0.593. The number of rotatable bonds is 6. The number of nitrogens with zero attached hydrogens (tertiary/aromatic N) is 3. The minimum Gasteiger partial charge on any atom is -0.366 e. The number of pyridine rings is 1. The Balaban J connectivity index is 1.74. The predicted octanol–water partition coefficient (Wildman–Crippen LogP) is 4.10. The number of hydrogen-bond donors (Lipinski definition) is 2. The summed E-state index contributed by atoms with van der Waals surface area (Å²) in [4.78, 5) is 13.0. The molecule has 0 aliphatic rings. The summed E-state index contributed by atoms with van der Waals surface area (Å²) in [7, 11) is 0. The Morgan fingerprint density at radius 2 is 1.96 bits per heavy atom. The Morgan fingerprint density at radius 1 is 1.04 bits per heavy atom. The van der Waals surface area contributed by atoms with Crippen LogP contribution in [0.4, 0.5) is 17.5 Å². The average molecular weight is 319 g/mol. The number of aryl methyl sites for hydroxylation is 2. The van der Waals surface area contributed by atoms with E-state index in [1.807, 2.05) is 24.4 Å². The highest BCUT2D eigenvalue weighted by Gasteiger charge is 2.06. The van der Waals surface area contributed by atoms with Crippen LogP contribution in [0.2, 0.25) is 0 Å². The second-order valence-corrected chi connectivity index (χ2v) is 5.57. The van der Waals surface area contributed by atoms with Crippen molar-refractivity contribution in [1.29, 1.82) is 0 Å². The van der Waals surface area contributed by atoms with Gasteiger partial charge in [-0.2, -0.15) is 4.98 Å². The molecule has 5 nitrogen and oxygen atoms in total. The summed E-state index contributed by atoms with van der Waals surface area (Å²) in [6.07, 6.45) is 6.33. The van der Waals surface area contributed by atoms with E-state index in [0.717, 1.165) is 23.5 Å². The molecule has 0 atom stereocenters. The molecular weight excluding hydrogens is 298 g/mol. The van der Waals surface area contributed by atoms with Gasteiger partial charge in [-0.3, -0.25) is 4.98 Å². The van der Waals surface area contributed by atoms with Crippen LogP contribution in [-0.4, -0.2) is 15.0 Å². The van der Waals surface area contributed by atoms with E-state index in [1.54, 1.807) is 12.4 Å². The van der Waals surface area contributed by atoms with E-state index < -0.39 is 0 Å². The summed E-state index contributed by atoms with van der Waals surface area (Å²) >= 11 is 0. The molecule has 0 aliphatic heterocycles. The number of nitrogens with one attached hydrogen (secondary N) is 2. The normalized spacial score (nSPS) is 10.4. The topological polar surface area (TPSA) is 62.7 Å². The summed E-state index contributed by atoms with van der Waals surface area (Å²) in [5.41, 5.74) is 4.64. The largest absolute Gasteiger partial charge is 0.366 e. The first-order valence-corrected chi connectivity index (χ1v) is 8.07. The van der Waals surface area contributed by atoms with Gasteiger partial charge in [0.2, 0.25) is 5.95 Å². The van der Waals surface area contributed by atoms with Gasteiger partial charge < -0.3 is 10.6 Å². The van der Waals surface area contributed by atoms with E-state index in [2.05, 4.69) is 57.6 Å². The van der Waals surface area contributed by atoms with Gasteiger partial charge in [-0.25, -0.2) is 4.98 Å². The quantitative estimate of drug-likeness (QED) is 0.716. The van der Waals surface area contributed by atoms with E-state index in [9.17, 15) is 0 Å². The first-order chi connectivity index (χ1) is 11.8. The smallest absolute Gasteiger partial charge is 0.229 e. The molecule has 1 aromatic carbocycles. The van der Waals surface area contributed by atoms with Crippen LogP contribution in [0, 0.1) is 6.92 Å². The van der Waals surface area contributed by atoms with Crippen molar-refractivity contribution in [1.82, 2.24) is 15.0 Å². The summed E-state index contributed by atoms with van der Waals surface area (Å²) in [5.74, 6) is 1.37. The maximum Gasteiger partial charge on any atom is 0.229 e. The summed E-state index contributed by atoms with van der Waals surface area (Å²) in [6.45, 7) is 4.91. The van der Waals surface area contributed by atoms with Crippen molar-refractivity contribution in [3.8, 4) is 0 Å². The van der Waals surface area contributed by atoms with E-state index >= 15 is 0 Å². The standard InChI is InChI=1S/C19H21N5/c1-3-16-8-4-6-14(2)18(16)24-19-21-11-9-17(23-19)22-13-15-7-5-10-20-12-15/h4-12H,3,13H2,1-2H3,(H2,21,22,23,24). The van der Waals surface area contributed by atoms with Gasteiger partial charge in [0, 0.05) is 30.8 Å². The monoisotopic (exact) mass is 319 g/mol. The maximum atomic E-state index is 4.55. The van der Waals surface area contributed by atoms with Crippen LogP contribution in [0.1, 0.15) is 23.6 Å². The highest BCUT2D eigenvalue weighted by Crippen LogP contribution is 2.24. The Bertz CT molecular complexity index is 802. The zero-order valence-corrected chi connectivity index (χ0v) is 14.0. The third kappa shape index (κ3) is 3.87. The molecule has 2 N–H and O–H groups in total. The highest BCUT2D eigenvalue weighted by molar-refractivity contribution is 5.63. The number of benzene rings is 1. The molecule has 5 heteroatoms. The molecule has 0 aliphatic carbocycles. The van der Waals surface area contributed by atoms with Crippen molar-refractivity contribution in [3.05, 3.63) is 71.7 Å². The van der Waals surface area contributed by atoms with Crippen molar-refractivity contribution < 1.29 is 0 Å². The van der Waals surface area contributed by atoms with Crippen LogP contribution in [-0.2, 0) is 13.0 Å². The van der Waals surface area contributed by atoms with Gasteiger partial charge in [-0.1, -0.05) is 31.2 Å². The van der Waals surface area contributed by atoms with E-state index in [0.29, 0.717) is 12.5 Å². The molecule has 0 unspecified atom stereocenters. The van der Waals surface area contributed by atoms with Crippen molar-refractivity contribution in [3.63, 3.8) is 0 Å². The molecule has 0 saturated carbocycles. The van der Waals surface area contributed by atoms with Crippen LogP contribution in [0.15, 0.2) is 55.0 Å². The fourth-order valence-corrected chi connectivity index (χ4v) is 2.53. The number of hydrogen-bond acceptors (Lipinski definition) is 5. The minimum absolute atomic E-state index is 0.593. The molecule has 0 radical (unpaired) electrons. The molecule has 0 amide bonds. The van der Waals surface area contributed by atoms with Crippen LogP contribution < -0.4 is 10.6 Å². The molecule has 3 rings (SSSR count). The highest BCUT2D eigenvalue weighted by atomic mass is 15.1. The molecule has 0 fully saturated rings. The molecule has 0 spiro atoms. The number of aromatic nitrogens is 3. The fraction of sp³-hybridized carbons (Fsp3) is 0.211. The Kier molecular flexibility index (Phi) is 5.01. The lowest BCUT2D eigenvalue weighted by molar-refractivity contribution is 1.06. The second-order valence-electron chi connectivity index (χ2n) is 5.57. The van der Waals surface area contributed by atoms with Crippen LogP contribution in [0.5, 0.6) is 0 Å². The van der Waals surface area contributed by atoms with Crippen molar-refractivity contribution in [2.45, 2.75) is 26.8 Å². The summed E-state index contributed by atoms with van der Waals surface area (Å²) in [5, 5.41) is 6.65. The summed E-state index contributed by atoms with van der Waals surface area (Å²) in [6, 6.07) is 12.1. The van der Waals surface area contributed by atoms with Crippen LogP contribution in [0.3, 0.4) is 0 Å². The second kappa shape index (κ2) is 7.55. The Hall–Kier alpha value is -2.95. The fourth-order valence-electron chi connectivity index (χ4n) is 2.53. The first-order valence-electron chi connectivity index (χ1n) is 8.07. The third-order valence-electron chi connectivity index (χ3n) is 3.83. The molecule has 3 aromatic rings. The van der Waals surface area contributed by atoms with Gasteiger partial charge >= 0.3 is 0 Å². The van der Waals surface area contributed by atoms with Gasteiger partial charge in [-0.05, 0) is 42.2 Å². The van der Waals surface area contributed by atoms with Crippen LogP contribution in [0.25, 0.3) is 0 Å². The molecule has 2 heterocycles. The lowest BCUT2D eigenvalue weighted by atomic mass is 10.1. The molecule has 24 heavy (non-hydrogen) atoms. The lowest BCUT2D eigenvalue weighted by Crippen LogP contribution is -2.05. The van der Waals surface area contributed by atoms with E-state index in [1.165, 1.54) is 11.1 Å². The summed E-state index contributed by atoms with van der Waals surface area (Å²) < 4.78 is 0. The molecule has 0 bridgehead atoms. The zero-order chi connectivity index (χ0) is 16.8. The van der Waals surface area contributed by atoms with Gasteiger partial charge in [0.1, 0.15) is 5.82 Å². The van der Waals surface area contributed by atoms with Crippen LogP contribution >= 0.6 is 0 Å². The van der Waals surface area contributed by atoms with Gasteiger partial charge in [0.25, 0.3) is 0 Å².